The lowest BCUT2D eigenvalue weighted by Crippen LogP contribution is -2.39. The van der Waals surface area contributed by atoms with Gasteiger partial charge >= 0.3 is 5.97 Å². The number of carbonyl (C=O) groups is 1. The van der Waals surface area contributed by atoms with Crippen LogP contribution in [0.5, 0.6) is 0 Å². The Labute approximate surface area is 131 Å². The summed E-state index contributed by atoms with van der Waals surface area (Å²) in [7, 11) is 1.61. The number of hydrogen-bond acceptors (Lipinski definition) is 6. The summed E-state index contributed by atoms with van der Waals surface area (Å²) in [6, 6.07) is 7.79. The fraction of sp³-hybridized carbons (Fsp3) is 0.357. The Kier molecular flexibility index (Phi) is 5.22. The van der Waals surface area contributed by atoms with Crippen LogP contribution in [0.15, 0.2) is 40.3 Å². The van der Waals surface area contributed by atoms with Gasteiger partial charge in [0, 0.05) is 18.1 Å². The number of aliphatic hydroxyl groups is 1. The first kappa shape index (κ1) is 15.8. The number of benzene rings is 1. The molecule has 1 atom stereocenters. The van der Waals surface area contributed by atoms with Crippen molar-refractivity contribution < 1.29 is 19.5 Å². The van der Waals surface area contributed by atoms with Crippen molar-refractivity contribution in [2.75, 3.05) is 13.7 Å². The molecule has 0 aliphatic carbocycles. The molecule has 1 unspecified atom stereocenters. The zero-order valence-electron chi connectivity index (χ0n) is 11.8. The molecule has 114 valence electrons. The highest BCUT2D eigenvalue weighted by molar-refractivity contribution is 9.10. The average molecular weight is 357 g/mol. The van der Waals surface area contributed by atoms with Crippen molar-refractivity contribution in [2.24, 2.45) is 0 Å². The van der Waals surface area contributed by atoms with Crippen LogP contribution < -0.4 is 5.32 Å². The highest BCUT2D eigenvalue weighted by Crippen LogP contribution is 2.22. The first-order valence-electron chi connectivity index (χ1n) is 6.51. The van der Waals surface area contributed by atoms with Gasteiger partial charge in [0.2, 0.25) is 0 Å². The van der Waals surface area contributed by atoms with Crippen LogP contribution in [0.4, 0.5) is 0 Å². The summed E-state index contributed by atoms with van der Waals surface area (Å²) in [6.07, 6.45) is -0.562. The van der Waals surface area contributed by atoms with E-state index in [0.29, 0.717) is 6.54 Å². The van der Waals surface area contributed by atoms with Crippen molar-refractivity contribution in [3.05, 3.63) is 45.8 Å². The van der Waals surface area contributed by atoms with E-state index in [0.717, 1.165) is 10.0 Å². The molecule has 0 amide bonds. The summed E-state index contributed by atoms with van der Waals surface area (Å²) in [5.41, 5.74) is 1.12. The monoisotopic (exact) mass is 356 g/mol. The summed E-state index contributed by atoms with van der Waals surface area (Å²) in [6.45, 7) is 2.51. The van der Waals surface area contributed by atoms with Crippen LogP contribution >= 0.6 is 15.9 Å². The van der Waals surface area contributed by atoms with E-state index < -0.39 is 18.1 Å². The van der Waals surface area contributed by atoms with Crippen LogP contribution in [0.3, 0.4) is 0 Å². The molecule has 0 spiro atoms. The Morgan fingerprint density at radius 3 is 2.76 bits per heavy atom. The van der Waals surface area contributed by atoms with Gasteiger partial charge in [-0.05, 0) is 24.6 Å². The summed E-state index contributed by atoms with van der Waals surface area (Å²) in [4.78, 5) is 16.7. The maximum Gasteiger partial charge on any atom is 0.363 e. The number of carbonyl (C=O) groups excluding carboxylic acids is 1. The maximum absolute atomic E-state index is 11.8. The zero-order chi connectivity index (χ0) is 15.4. The fourth-order valence-corrected chi connectivity index (χ4v) is 2.26. The second-order valence-corrected chi connectivity index (χ2v) is 5.40. The molecular formula is C14H17BrN2O4. The minimum Gasteiger partial charge on any atom is -0.481 e. The predicted octanol–water partition coefficient (Wildman–Crippen LogP) is 2.07. The zero-order valence-corrected chi connectivity index (χ0v) is 13.4. The van der Waals surface area contributed by atoms with E-state index in [4.69, 9.17) is 9.57 Å². The summed E-state index contributed by atoms with van der Waals surface area (Å²) in [5, 5.41) is 14.3. The highest BCUT2D eigenvalue weighted by Gasteiger charge is 2.39. The molecule has 0 radical (unpaired) electrons. The minimum atomic E-state index is -0.614. The topological polar surface area (TPSA) is 71.0 Å². The fourth-order valence-electron chi connectivity index (χ4n) is 1.99. The van der Waals surface area contributed by atoms with Gasteiger partial charge < -0.3 is 14.7 Å². The molecule has 1 heterocycles. The average Bonchev–Trinajstić information content (AvgIpc) is 2.72. The van der Waals surface area contributed by atoms with E-state index in [1.54, 1.807) is 14.0 Å². The van der Waals surface area contributed by atoms with E-state index in [1.807, 2.05) is 24.3 Å². The third kappa shape index (κ3) is 3.75. The maximum atomic E-state index is 11.8. The van der Waals surface area contributed by atoms with Gasteiger partial charge in [0.15, 0.2) is 5.57 Å². The molecule has 7 heteroatoms. The van der Waals surface area contributed by atoms with Crippen molar-refractivity contribution in [2.45, 2.75) is 19.6 Å². The second-order valence-electron chi connectivity index (χ2n) is 4.49. The molecule has 6 nitrogen and oxygen atoms in total. The number of hydroxylamine groups is 2. The Balaban J connectivity index is 2.10. The molecule has 1 saturated heterocycles. The van der Waals surface area contributed by atoms with Gasteiger partial charge in [-0.25, -0.2) is 4.79 Å². The summed E-state index contributed by atoms with van der Waals surface area (Å²) < 4.78 is 6.00. The molecule has 21 heavy (non-hydrogen) atoms. The van der Waals surface area contributed by atoms with Gasteiger partial charge in [-0.2, -0.15) is 0 Å². The van der Waals surface area contributed by atoms with Gasteiger partial charge in [-0.3, -0.25) is 5.32 Å². The normalized spacial score (nSPS) is 21.3. The van der Waals surface area contributed by atoms with E-state index in [1.165, 1.54) is 5.06 Å². The van der Waals surface area contributed by atoms with Gasteiger partial charge in [0.25, 0.3) is 5.95 Å². The molecule has 1 fully saturated rings. The quantitative estimate of drug-likeness (QED) is 0.621. The molecule has 1 aliphatic heterocycles. The lowest BCUT2D eigenvalue weighted by Gasteiger charge is -2.18. The van der Waals surface area contributed by atoms with Crippen LogP contribution in [-0.4, -0.2) is 36.0 Å². The van der Waals surface area contributed by atoms with Gasteiger partial charge in [-0.1, -0.05) is 28.1 Å². The van der Waals surface area contributed by atoms with Crippen molar-refractivity contribution in [3.8, 4) is 0 Å². The van der Waals surface area contributed by atoms with Crippen molar-refractivity contribution in [1.82, 2.24) is 10.4 Å². The molecular weight excluding hydrogens is 340 g/mol. The van der Waals surface area contributed by atoms with Crippen LogP contribution in [0.1, 0.15) is 12.5 Å². The molecule has 0 aromatic heterocycles. The van der Waals surface area contributed by atoms with Crippen molar-refractivity contribution in [3.63, 3.8) is 0 Å². The van der Waals surface area contributed by atoms with Gasteiger partial charge in [-0.15, -0.1) is 5.06 Å². The van der Waals surface area contributed by atoms with Crippen molar-refractivity contribution >= 4 is 21.9 Å². The third-order valence-corrected chi connectivity index (χ3v) is 3.54. The summed E-state index contributed by atoms with van der Waals surface area (Å²) in [5.74, 6) is -1.02. The number of ether oxygens (including phenoxy) is 1. The number of hydrogen-bond donors (Lipinski definition) is 2. The SMILES string of the molecule is CCO/C(O)=C1/C(=O)ON(C)C1NCc1ccc(Br)cc1. The van der Waals surface area contributed by atoms with Gasteiger partial charge in [0.1, 0.15) is 6.17 Å². The first-order valence-corrected chi connectivity index (χ1v) is 7.31. The number of aliphatic hydroxyl groups excluding tert-OH is 1. The van der Waals surface area contributed by atoms with Crippen LogP contribution in [0.2, 0.25) is 0 Å². The van der Waals surface area contributed by atoms with E-state index in [2.05, 4.69) is 21.2 Å². The predicted molar refractivity (Wildman–Crippen MR) is 79.9 cm³/mol. The first-order chi connectivity index (χ1) is 10.0. The number of nitrogens with zero attached hydrogens (tertiary/aromatic N) is 1. The van der Waals surface area contributed by atoms with Gasteiger partial charge in [0.05, 0.1) is 6.61 Å². The minimum absolute atomic E-state index is 0.0801. The number of halogens is 1. The van der Waals surface area contributed by atoms with Crippen molar-refractivity contribution in [1.29, 1.82) is 0 Å². The largest absolute Gasteiger partial charge is 0.481 e. The Morgan fingerprint density at radius 2 is 2.14 bits per heavy atom. The molecule has 1 aromatic carbocycles. The second kappa shape index (κ2) is 6.93. The molecule has 1 aromatic rings. The standard InChI is InChI=1S/C14H17BrN2O4/c1-3-20-13(18)11-12(17(2)21-14(11)19)16-8-9-4-6-10(15)7-5-9/h4-7,12,16,18H,3,8H2,1-2H3/b13-11+. The number of rotatable bonds is 5. The van der Waals surface area contributed by atoms with E-state index in [-0.39, 0.29) is 12.2 Å². The van der Waals surface area contributed by atoms with E-state index >= 15 is 0 Å². The molecule has 2 rings (SSSR count). The Hall–Kier alpha value is -1.57. The Morgan fingerprint density at radius 1 is 1.48 bits per heavy atom. The third-order valence-electron chi connectivity index (χ3n) is 3.01. The molecule has 0 bridgehead atoms. The molecule has 0 saturated carbocycles. The van der Waals surface area contributed by atoms with E-state index in [9.17, 15) is 9.90 Å². The van der Waals surface area contributed by atoms with Crippen LogP contribution in [0.25, 0.3) is 0 Å². The smallest absolute Gasteiger partial charge is 0.363 e. The molecule has 2 N–H and O–H groups in total. The van der Waals surface area contributed by atoms with Crippen LogP contribution in [-0.2, 0) is 20.9 Å². The lowest BCUT2D eigenvalue weighted by molar-refractivity contribution is -0.169. The Bertz CT molecular complexity index is 544. The lowest BCUT2D eigenvalue weighted by atomic mass is 10.2. The number of likely N-dealkylation sites (N-methyl/N-ethyl adjacent to an activating group) is 1. The van der Waals surface area contributed by atoms with Crippen LogP contribution in [0, 0.1) is 0 Å². The highest BCUT2D eigenvalue weighted by atomic mass is 79.9. The molecule has 1 aliphatic rings. The number of nitrogens with one attached hydrogen (secondary N) is 1. The summed E-state index contributed by atoms with van der Waals surface area (Å²) >= 11 is 3.38.